The number of benzene rings is 3. The van der Waals surface area contributed by atoms with Gasteiger partial charge in [-0.05, 0) is 45.3 Å². The van der Waals surface area contributed by atoms with Crippen molar-refractivity contribution >= 4 is 54.3 Å². The largest absolute Gasteiger partial charge is 0.452 e. The highest BCUT2D eigenvalue weighted by Gasteiger charge is 2.29. The van der Waals surface area contributed by atoms with Crippen molar-refractivity contribution in [1.29, 1.82) is 0 Å². The lowest BCUT2D eigenvalue weighted by atomic mass is 10.0. The number of aromatic nitrogens is 1. The van der Waals surface area contributed by atoms with Crippen molar-refractivity contribution in [3.8, 4) is 22.4 Å². The molecule has 40 heavy (non-hydrogen) atoms. The fourth-order valence-corrected chi connectivity index (χ4v) is 7.15. The van der Waals surface area contributed by atoms with Gasteiger partial charge in [0.2, 0.25) is 10.0 Å². The molecule has 1 N–H and O–H groups in total. The molecule has 1 aliphatic rings. The van der Waals surface area contributed by atoms with Crippen LogP contribution in [-0.2, 0) is 24.3 Å². The molecule has 206 valence electrons. The first-order chi connectivity index (χ1) is 19.3. The zero-order valence-corrected chi connectivity index (χ0v) is 24.3. The molecule has 1 aliphatic heterocycles. The molecule has 0 aliphatic carbocycles. The highest BCUT2D eigenvalue weighted by atomic mass is 79.9. The molecule has 3 aromatic carbocycles. The Kier molecular flexibility index (Phi) is 8.72. The van der Waals surface area contributed by atoms with Crippen molar-refractivity contribution in [3.63, 3.8) is 0 Å². The SMILES string of the molecule is O=C(COC(=O)c1ccc(Br)c(S(=O)(=O)N2CCOCC2)c1)Nc1nc(-c2ccc(-c3ccccc3)cc2)cs1. The number of amides is 1. The van der Waals surface area contributed by atoms with Crippen LogP contribution in [0.2, 0.25) is 0 Å². The first kappa shape index (κ1) is 28.1. The molecule has 0 radical (unpaired) electrons. The van der Waals surface area contributed by atoms with E-state index in [1.54, 1.807) is 0 Å². The van der Waals surface area contributed by atoms with Gasteiger partial charge in [-0.15, -0.1) is 11.3 Å². The first-order valence-electron chi connectivity index (χ1n) is 12.3. The van der Waals surface area contributed by atoms with Gasteiger partial charge < -0.3 is 9.47 Å². The van der Waals surface area contributed by atoms with Crippen LogP contribution in [0.4, 0.5) is 5.13 Å². The lowest BCUT2D eigenvalue weighted by molar-refractivity contribution is -0.119. The topological polar surface area (TPSA) is 115 Å². The summed E-state index contributed by atoms with van der Waals surface area (Å²) in [5, 5.41) is 4.83. The number of nitrogens with one attached hydrogen (secondary N) is 1. The average Bonchev–Trinajstić information content (AvgIpc) is 3.45. The van der Waals surface area contributed by atoms with Crippen LogP contribution in [0.1, 0.15) is 10.4 Å². The van der Waals surface area contributed by atoms with Crippen LogP contribution in [0.3, 0.4) is 0 Å². The molecule has 1 aromatic heterocycles. The maximum atomic E-state index is 13.1. The first-order valence-corrected chi connectivity index (χ1v) is 15.4. The zero-order chi connectivity index (χ0) is 28.1. The van der Waals surface area contributed by atoms with E-state index in [4.69, 9.17) is 9.47 Å². The third-order valence-corrected chi connectivity index (χ3v) is 9.78. The number of hydrogen-bond donors (Lipinski definition) is 1. The second-order valence-corrected chi connectivity index (χ2v) is 12.4. The number of rotatable bonds is 8. The summed E-state index contributed by atoms with van der Waals surface area (Å²) < 4.78 is 38.1. The molecule has 1 fully saturated rings. The van der Waals surface area contributed by atoms with Gasteiger partial charge in [-0.2, -0.15) is 4.31 Å². The minimum absolute atomic E-state index is 0.0123. The molecule has 1 amide bonds. The van der Waals surface area contributed by atoms with E-state index in [1.165, 1.54) is 33.8 Å². The van der Waals surface area contributed by atoms with Gasteiger partial charge in [0, 0.05) is 28.5 Å². The molecule has 4 aromatic rings. The van der Waals surface area contributed by atoms with E-state index >= 15 is 0 Å². The van der Waals surface area contributed by atoms with Gasteiger partial charge in [0.05, 0.1) is 29.4 Å². The van der Waals surface area contributed by atoms with Gasteiger partial charge in [0.1, 0.15) is 0 Å². The van der Waals surface area contributed by atoms with E-state index in [0.29, 0.717) is 28.5 Å². The lowest BCUT2D eigenvalue weighted by Gasteiger charge is -2.26. The summed E-state index contributed by atoms with van der Waals surface area (Å²) in [6.45, 7) is 0.493. The number of sulfonamides is 1. The van der Waals surface area contributed by atoms with Gasteiger partial charge in [-0.3, -0.25) is 10.1 Å². The van der Waals surface area contributed by atoms with E-state index in [1.807, 2.05) is 60.0 Å². The summed E-state index contributed by atoms with van der Waals surface area (Å²) in [5.41, 5.74) is 3.83. The number of esters is 1. The van der Waals surface area contributed by atoms with Crippen molar-refractivity contribution in [2.75, 3.05) is 38.2 Å². The number of thiazole rings is 1. The Morgan fingerprint density at radius 1 is 0.975 bits per heavy atom. The van der Waals surface area contributed by atoms with Crippen LogP contribution in [0.15, 0.2) is 87.5 Å². The van der Waals surface area contributed by atoms with E-state index in [-0.39, 0.29) is 23.5 Å². The summed E-state index contributed by atoms with van der Waals surface area (Å²) in [7, 11) is -3.85. The van der Waals surface area contributed by atoms with Crippen LogP contribution in [0, 0.1) is 0 Å². The van der Waals surface area contributed by atoms with Crippen LogP contribution in [-0.4, -0.2) is 62.5 Å². The fourth-order valence-electron chi connectivity index (χ4n) is 4.05. The Morgan fingerprint density at radius 2 is 1.65 bits per heavy atom. The number of ether oxygens (including phenoxy) is 2. The van der Waals surface area contributed by atoms with Crippen molar-refractivity contribution in [1.82, 2.24) is 9.29 Å². The fraction of sp³-hybridized carbons (Fsp3) is 0.179. The van der Waals surface area contributed by atoms with Crippen molar-refractivity contribution in [2.45, 2.75) is 4.90 Å². The van der Waals surface area contributed by atoms with Gasteiger partial charge >= 0.3 is 5.97 Å². The molecule has 9 nitrogen and oxygen atoms in total. The number of halogens is 1. The predicted octanol–water partition coefficient (Wildman–Crippen LogP) is 5.06. The number of morpholine rings is 1. The van der Waals surface area contributed by atoms with Crippen molar-refractivity contribution < 1.29 is 27.5 Å². The number of nitrogens with zero attached hydrogens (tertiary/aromatic N) is 2. The quantitative estimate of drug-likeness (QED) is 0.268. The summed E-state index contributed by atoms with van der Waals surface area (Å²) in [6.07, 6.45) is 0. The Labute approximate surface area is 243 Å². The molecule has 12 heteroatoms. The van der Waals surface area contributed by atoms with Crippen LogP contribution < -0.4 is 5.32 Å². The Morgan fingerprint density at radius 3 is 2.38 bits per heavy atom. The summed E-state index contributed by atoms with van der Waals surface area (Å²) in [4.78, 5) is 29.5. The normalized spacial score (nSPS) is 14.0. The number of anilines is 1. The Hall–Kier alpha value is -3.42. The van der Waals surface area contributed by atoms with Gasteiger partial charge in [-0.25, -0.2) is 18.2 Å². The van der Waals surface area contributed by atoms with E-state index in [2.05, 4.69) is 26.2 Å². The third-order valence-electron chi connectivity index (χ3n) is 6.13. The molecule has 1 saturated heterocycles. The van der Waals surface area contributed by atoms with Gasteiger partial charge in [-0.1, -0.05) is 54.6 Å². The van der Waals surface area contributed by atoms with Gasteiger partial charge in [0.25, 0.3) is 5.91 Å². The molecular weight excluding hydrogens is 618 g/mol. The number of carbonyl (C=O) groups excluding carboxylic acids is 2. The summed E-state index contributed by atoms with van der Waals surface area (Å²) in [5.74, 6) is -1.38. The molecular formula is C28H24BrN3O6S2. The molecule has 0 spiro atoms. The lowest BCUT2D eigenvalue weighted by Crippen LogP contribution is -2.40. The Balaban J connectivity index is 1.18. The average molecular weight is 643 g/mol. The Bertz CT molecular complexity index is 1620. The number of carbonyl (C=O) groups is 2. The summed E-state index contributed by atoms with van der Waals surface area (Å²) >= 11 is 4.51. The monoisotopic (exact) mass is 641 g/mol. The van der Waals surface area contributed by atoms with Gasteiger partial charge in [0.15, 0.2) is 11.7 Å². The predicted molar refractivity (Wildman–Crippen MR) is 156 cm³/mol. The second kappa shape index (κ2) is 12.4. The zero-order valence-electron chi connectivity index (χ0n) is 21.1. The molecule has 5 rings (SSSR count). The molecule has 0 unspecified atom stereocenters. The van der Waals surface area contributed by atoms with Crippen molar-refractivity contribution in [2.24, 2.45) is 0 Å². The maximum Gasteiger partial charge on any atom is 0.338 e. The highest BCUT2D eigenvalue weighted by molar-refractivity contribution is 9.10. The van der Waals surface area contributed by atoms with Crippen LogP contribution in [0.25, 0.3) is 22.4 Å². The highest BCUT2D eigenvalue weighted by Crippen LogP contribution is 2.29. The summed E-state index contributed by atoms with van der Waals surface area (Å²) in [6, 6.07) is 22.1. The van der Waals surface area contributed by atoms with E-state index in [9.17, 15) is 18.0 Å². The minimum atomic E-state index is -3.85. The van der Waals surface area contributed by atoms with Crippen LogP contribution in [0.5, 0.6) is 0 Å². The molecule has 0 saturated carbocycles. The molecule has 2 heterocycles. The maximum absolute atomic E-state index is 13.1. The van der Waals surface area contributed by atoms with Crippen molar-refractivity contribution in [3.05, 3.63) is 88.2 Å². The standard InChI is InChI=1S/C28H24BrN3O6S2/c29-23-11-10-22(16-25(23)40(35,36)32-12-14-37-15-13-32)27(34)38-17-26(33)31-28-30-24(18-39-28)21-8-6-20(7-9-21)19-4-2-1-3-5-19/h1-11,16,18H,12-15,17H2,(H,30,31,33). The third kappa shape index (κ3) is 6.48. The second-order valence-electron chi connectivity index (χ2n) is 8.77. The smallest absolute Gasteiger partial charge is 0.338 e. The number of hydrogen-bond acceptors (Lipinski definition) is 8. The molecule has 0 bridgehead atoms. The molecule has 0 atom stereocenters. The van der Waals surface area contributed by atoms with E-state index in [0.717, 1.165) is 16.7 Å². The minimum Gasteiger partial charge on any atom is -0.452 e. The van der Waals surface area contributed by atoms with Crippen LogP contribution >= 0.6 is 27.3 Å². The van der Waals surface area contributed by atoms with E-state index < -0.39 is 28.5 Å².